The fourth-order valence-electron chi connectivity index (χ4n) is 3.86. The van der Waals surface area contributed by atoms with Gasteiger partial charge < -0.3 is 20.5 Å². The highest BCUT2D eigenvalue weighted by Gasteiger charge is 2.30. The SMILES string of the molecule is CC[C@H](NC(=O)OCC1c2ccccc2-c2ccccc21)C(=O)NCCC(C)(C)C(=O)O. The second-order valence-electron chi connectivity index (χ2n) is 8.66. The Morgan fingerprint density at radius 2 is 1.59 bits per heavy atom. The molecule has 3 rings (SSSR count). The van der Waals surface area contributed by atoms with Crippen molar-refractivity contribution in [1.82, 2.24) is 10.6 Å². The average Bonchev–Trinajstić information content (AvgIpc) is 3.09. The van der Waals surface area contributed by atoms with Crippen LogP contribution in [0.5, 0.6) is 0 Å². The number of carbonyl (C=O) groups excluding carboxylic acids is 2. The van der Waals surface area contributed by atoms with Gasteiger partial charge in [0, 0.05) is 12.5 Å². The van der Waals surface area contributed by atoms with Gasteiger partial charge in [-0.05, 0) is 48.9 Å². The Bertz CT molecular complexity index is 956. The molecule has 0 aliphatic heterocycles. The number of amides is 2. The molecule has 0 heterocycles. The lowest BCUT2D eigenvalue weighted by Gasteiger charge is -2.21. The van der Waals surface area contributed by atoms with Crippen LogP contribution in [0.2, 0.25) is 0 Å². The highest BCUT2D eigenvalue weighted by atomic mass is 16.5. The van der Waals surface area contributed by atoms with Gasteiger partial charge in [-0.1, -0.05) is 55.5 Å². The summed E-state index contributed by atoms with van der Waals surface area (Å²) < 4.78 is 5.50. The maximum atomic E-state index is 12.4. The van der Waals surface area contributed by atoms with Crippen molar-refractivity contribution < 1.29 is 24.2 Å². The van der Waals surface area contributed by atoms with Crippen LogP contribution in [-0.4, -0.2) is 42.3 Å². The third-order valence-electron chi connectivity index (χ3n) is 5.99. The van der Waals surface area contributed by atoms with Crippen molar-refractivity contribution in [3.63, 3.8) is 0 Å². The largest absolute Gasteiger partial charge is 0.481 e. The van der Waals surface area contributed by atoms with Crippen molar-refractivity contribution in [3.05, 3.63) is 59.7 Å². The third-order valence-corrected chi connectivity index (χ3v) is 5.99. The van der Waals surface area contributed by atoms with Crippen molar-refractivity contribution >= 4 is 18.0 Å². The second-order valence-corrected chi connectivity index (χ2v) is 8.66. The fraction of sp³-hybridized carbons (Fsp3) is 0.400. The van der Waals surface area contributed by atoms with Crippen LogP contribution in [0, 0.1) is 5.41 Å². The van der Waals surface area contributed by atoms with Crippen molar-refractivity contribution in [2.24, 2.45) is 5.41 Å². The van der Waals surface area contributed by atoms with E-state index in [0.29, 0.717) is 6.42 Å². The molecule has 0 unspecified atom stereocenters. The molecule has 0 saturated heterocycles. The number of hydrogen-bond donors (Lipinski definition) is 3. The molecule has 0 saturated carbocycles. The molecule has 0 fully saturated rings. The summed E-state index contributed by atoms with van der Waals surface area (Å²) in [6.07, 6.45) is 0.0214. The van der Waals surface area contributed by atoms with Crippen molar-refractivity contribution in [2.45, 2.75) is 45.6 Å². The first-order chi connectivity index (χ1) is 15.2. The average molecular weight is 439 g/mol. The summed E-state index contributed by atoms with van der Waals surface area (Å²) in [5.74, 6) is -1.34. The number of ether oxygens (including phenoxy) is 1. The van der Waals surface area contributed by atoms with Gasteiger partial charge in [0.2, 0.25) is 5.91 Å². The number of aliphatic carboxylic acids is 1. The van der Waals surface area contributed by atoms with Crippen LogP contribution in [0.1, 0.15) is 50.7 Å². The van der Waals surface area contributed by atoms with Gasteiger partial charge in [-0.15, -0.1) is 0 Å². The molecule has 0 aromatic heterocycles. The van der Waals surface area contributed by atoms with Crippen molar-refractivity contribution in [2.75, 3.05) is 13.2 Å². The molecule has 2 aromatic rings. The van der Waals surface area contributed by atoms with E-state index in [1.165, 1.54) is 0 Å². The summed E-state index contributed by atoms with van der Waals surface area (Å²) >= 11 is 0. The van der Waals surface area contributed by atoms with Gasteiger partial charge >= 0.3 is 12.1 Å². The molecule has 2 aromatic carbocycles. The third kappa shape index (κ3) is 5.10. The minimum Gasteiger partial charge on any atom is -0.481 e. The number of hydrogen-bond acceptors (Lipinski definition) is 4. The highest BCUT2D eigenvalue weighted by molar-refractivity contribution is 5.85. The summed E-state index contributed by atoms with van der Waals surface area (Å²) in [6.45, 7) is 5.38. The smallest absolute Gasteiger partial charge is 0.407 e. The van der Waals surface area contributed by atoms with E-state index in [-0.39, 0.29) is 31.4 Å². The van der Waals surface area contributed by atoms with Gasteiger partial charge in [-0.3, -0.25) is 9.59 Å². The lowest BCUT2D eigenvalue weighted by atomic mass is 9.89. The zero-order valence-electron chi connectivity index (χ0n) is 18.7. The normalized spacial score (nSPS) is 13.6. The van der Waals surface area contributed by atoms with Crippen molar-refractivity contribution in [1.29, 1.82) is 0 Å². The Morgan fingerprint density at radius 1 is 1.03 bits per heavy atom. The van der Waals surface area contributed by atoms with E-state index in [4.69, 9.17) is 9.84 Å². The van der Waals surface area contributed by atoms with E-state index in [9.17, 15) is 14.4 Å². The number of alkyl carbamates (subject to hydrolysis) is 1. The van der Waals surface area contributed by atoms with Gasteiger partial charge in [0.25, 0.3) is 0 Å². The van der Waals surface area contributed by atoms with Gasteiger partial charge in [0.1, 0.15) is 12.6 Å². The molecule has 32 heavy (non-hydrogen) atoms. The van der Waals surface area contributed by atoms with E-state index in [2.05, 4.69) is 22.8 Å². The topological polar surface area (TPSA) is 105 Å². The predicted molar refractivity (Wildman–Crippen MR) is 121 cm³/mol. The number of benzene rings is 2. The maximum Gasteiger partial charge on any atom is 0.407 e. The Balaban J connectivity index is 1.55. The van der Waals surface area contributed by atoms with Crippen LogP contribution in [-0.2, 0) is 14.3 Å². The molecule has 1 aliphatic rings. The molecule has 0 radical (unpaired) electrons. The zero-order valence-corrected chi connectivity index (χ0v) is 18.7. The fourth-order valence-corrected chi connectivity index (χ4v) is 3.86. The van der Waals surface area contributed by atoms with Crippen LogP contribution < -0.4 is 10.6 Å². The number of carboxylic acid groups (broad SMARTS) is 1. The Hall–Kier alpha value is -3.35. The number of carboxylic acids is 1. The second kappa shape index (κ2) is 9.85. The summed E-state index contributed by atoms with van der Waals surface area (Å²) in [5, 5.41) is 14.5. The van der Waals surface area contributed by atoms with Gasteiger partial charge in [-0.2, -0.15) is 0 Å². The molecule has 0 spiro atoms. The molecule has 2 amide bonds. The lowest BCUT2D eigenvalue weighted by molar-refractivity contribution is -0.147. The summed E-state index contributed by atoms with van der Waals surface area (Å²) in [4.78, 5) is 36.0. The van der Waals surface area contributed by atoms with Gasteiger partial charge in [0.05, 0.1) is 5.41 Å². The molecule has 7 heteroatoms. The molecule has 1 aliphatic carbocycles. The van der Waals surface area contributed by atoms with Crippen LogP contribution in [0.25, 0.3) is 11.1 Å². The van der Waals surface area contributed by atoms with Crippen LogP contribution in [0.15, 0.2) is 48.5 Å². The Labute approximate surface area is 188 Å². The van der Waals surface area contributed by atoms with Crippen molar-refractivity contribution in [3.8, 4) is 11.1 Å². The molecule has 1 atom stereocenters. The van der Waals surface area contributed by atoms with E-state index in [0.717, 1.165) is 22.3 Å². The van der Waals surface area contributed by atoms with Crippen LogP contribution in [0.3, 0.4) is 0 Å². The Morgan fingerprint density at radius 3 is 2.12 bits per heavy atom. The van der Waals surface area contributed by atoms with Gasteiger partial charge in [0.15, 0.2) is 0 Å². The van der Waals surface area contributed by atoms with Gasteiger partial charge in [-0.25, -0.2) is 4.79 Å². The maximum absolute atomic E-state index is 12.4. The first-order valence-electron chi connectivity index (χ1n) is 10.9. The molecular formula is C25H30N2O5. The van der Waals surface area contributed by atoms with Crippen LogP contribution >= 0.6 is 0 Å². The predicted octanol–water partition coefficient (Wildman–Crippen LogP) is 3.92. The summed E-state index contributed by atoms with van der Waals surface area (Å²) in [7, 11) is 0. The molecule has 3 N–H and O–H groups in total. The quantitative estimate of drug-likeness (QED) is 0.550. The standard InChI is InChI=1S/C25H30N2O5/c1-4-21(22(28)26-14-13-25(2,3)23(29)30)27-24(31)32-15-20-18-11-7-5-9-16(18)17-10-6-8-12-19(17)20/h5-12,20-21H,4,13-15H2,1-3H3,(H,26,28)(H,27,31)(H,29,30)/t21-/m0/s1. The minimum absolute atomic E-state index is 0.0553. The number of rotatable bonds is 9. The first kappa shape index (κ1) is 23.3. The lowest BCUT2D eigenvalue weighted by Crippen LogP contribution is -2.47. The molecule has 0 bridgehead atoms. The summed E-state index contributed by atoms with van der Waals surface area (Å²) in [6, 6.07) is 15.4. The highest BCUT2D eigenvalue weighted by Crippen LogP contribution is 2.44. The van der Waals surface area contributed by atoms with Crippen LogP contribution in [0.4, 0.5) is 4.79 Å². The van der Waals surface area contributed by atoms with E-state index in [1.807, 2.05) is 36.4 Å². The number of nitrogens with one attached hydrogen (secondary N) is 2. The summed E-state index contributed by atoms with van der Waals surface area (Å²) in [5.41, 5.74) is 3.59. The van der Waals surface area contributed by atoms with E-state index in [1.54, 1.807) is 20.8 Å². The number of carbonyl (C=O) groups is 3. The van der Waals surface area contributed by atoms with E-state index >= 15 is 0 Å². The molecular weight excluding hydrogens is 408 g/mol. The Kier molecular flexibility index (Phi) is 7.18. The zero-order chi connectivity index (χ0) is 23.3. The first-order valence-corrected chi connectivity index (χ1v) is 10.9. The minimum atomic E-state index is -0.935. The van der Waals surface area contributed by atoms with E-state index < -0.39 is 23.5 Å². The molecule has 7 nitrogen and oxygen atoms in total. The molecule has 170 valence electrons. The number of fused-ring (bicyclic) bond motifs is 3. The monoisotopic (exact) mass is 438 g/mol.